The minimum atomic E-state index is 0.171. The molecule has 2 heterocycles. The number of benzene rings is 2. The van der Waals surface area contributed by atoms with Gasteiger partial charge in [-0.1, -0.05) is 53.5 Å². The van der Waals surface area contributed by atoms with E-state index in [1.54, 1.807) is 0 Å². The molecule has 0 bridgehead atoms. The van der Waals surface area contributed by atoms with E-state index in [0.29, 0.717) is 5.92 Å². The smallest absolute Gasteiger partial charge is 0.117 e. The summed E-state index contributed by atoms with van der Waals surface area (Å²) >= 11 is 12.4. The van der Waals surface area contributed by atoms with Crippen molar-refractivity contribution in [2.24, 2.45) is 5.92 Å². The molecule has 1 fully saturated rings. The molecule has 158 valence electrons. The lowest BCUT2D eigenvalue weighted by Crippen LogP contribution is -2.38. The van der Waals surface area contributed by atoms with Crippen molar-refractivity contribution in [3.8, 4) is 0 Å². The van der Waals surface area contributed by atoms with Crippen molar-refractivity contribution < 1.29 is 4.74 Å². The van der Waals surface area contributed by atoms with Gasteiger partial charge in [-0.3, -0.25) is 0 Å². The zero-order valence-corrected chi connectivity index (χ0v) is 18.8. The maximum Gasteiger partial charge on any atom is 0.117 e. The molecule has 0 spiro atoms. The molecule has 5 heteroatoms. The van der Waals surface area contributed by atoms with Crippen LogP contribution < -0.4 is 4.90 Å². The van der Waals surface area contributed by atoms with E-state index >= 15 is 0 Å². The van der Waals surface area contributed by atoms with Crippen molar-refractivity contribution in [3.63, 3.8) is 0 Å². The number of ether oxygens (including phenoxy) is 1. The summed E-state index contributed by atoms with van der Waals surface area (Å²) in [7, 11) is 0. The van der Waals surface area contributed by atoms with Crippen LogP contribution in [0.2, 0.25) is 5.02 Å². The van der Waals surface area contributed by atoms with Gasteiger partial charge in [-0.15, -0.1) is 0 Å². The van der Waals surface area contributed by atoms with Crippen molar-refractivity contribution in [1.82, 2.24) is 4.90 Å². The highest BCUT2D eigenvalue weighted by atomic mass is 35.5. The third-order valence-corrected chi connectivity index (χ3v) is 6.38. The van der Waals surface area contributed by atoms with Gasteiger partial charge in [0.2, 0.25) is 0 Å². The third kappa shape index (κ3) is 5.53. The Balaban J connectivity index is 1.30. The predicted molar refractivity (Wildman–Crippen MR) is 126 cm³/mol. The van der Waals surface area contributed by atoms with Crippen LogP contribution in [0.3, 0.4) is 0 Å². The Kier molecular flexibility index (Phi) is 6.91. The lowest BCUT2D eigenvalue weighted by Gasteiger charge is -2.37. The second kappa shape index (κ2) is 9.80. The van der Waals surface area contributed by atoms with Crippen molar-refractivity contribution >= 4 is 28.9 Å². The molecule has 2 aromatic rings. The molecule has 0 N–H and O–H groups in total. The number of hydrogen-bond donors (Lipinski definition) is 0. The zero-order valence-electron chi connectivity index (χ0n) is 17.3. The summed E-state index contributed by atoms with van der Waals surface area (Å²) in [5, 5.41) is 1.50. The Labute approximate surface area is 189 Å². The van der Waals surface area contributed by atoms with Gasteiger partial charge in [0, 0.05) is 36.5 Å². The number of anilines is 1. The predicted octanol–water partition coefficient (Wildman–Crippen LogP) is 6.44. The van der Waals surface area contributed by atoms with Crippen LogP contribution in [0, 0.1) is 5.92 Å². The van der Waals surface area contributed by atoms with E-state index < -0.39 is 0 Å². The van der Waals surface area contributed by atoms with Gasteiger partial charge in [0.25, 0.3) is 0 Å². The Bertz CT molecular complexity index is 887. The van der Waals surface area contributed by atoms with Crippen LogP contribution in [0.5, 0.6) is 0 Å². The van der Waals surface area contributed by atoms with Crippen LogP contribution in [0.15, 0.2) is 77.7 Å². The number of nitrogens with zero attached hydrogens (tertiary/aromatic N) is 2. The number of allylic oxidation sites excluding steroid dienone is 2. The third-order valence-electron chi connectivity index (χ3n) is 5.92. The van der Waals surface area contributed by atoms with Crippen molar-refractivity contribution in [3.05, 3.63) is 88.3 Å². The monoisotopic (exact) mass is 442 g/mol. The summed E-state index contributed by atoms with van der Waals surface area (Å²) in [5.41, 5.74) is 2.51. The Morgan fingerprint density at radius 1 is 1.00 bits per heavy atom. The summed E-state index contributed by atoms with van der Waals surface area (Å²) in [5.74, 6) is 1.49. The van der Waals surface area contributed by atoms with E-state index in [4.69, 9.17) is 27.9 Å². The molecule has 0 radical (unpaired) electrons. The molecule has 1 atom stereocenters. The molecule has 1 saturated heterocycles. The quantitative estimate of drug-likeness (QED) is 0.511. The van der Waals surface area contributed by atoms with Crippen LogP contribution in [-0.2, 0) is 11.3 Å². The van der Waals surface area contributed by atoms with Gasteiger partial charge in [-0.2, -0.15) is 0 Å². The van der Waals surface area contributed by atoms with Crippen LogP contribution in [0.1, 0.15) is 25.3 Å². The number of halogens is 2. The molecule has 0 aromatic heterocycles. The summed E-state index contributed by atoms with van der Waals surface area (Å²) < 4.78 is 6.38. The molecule has 0 saturated carbocycles. The second-order valence-corrected chi connectivity index (χ2v) is 9.01. The molecule has 30 heavy (non-hydrogen) atoms. The van der Waals surface area contributed by atoms with Crippen molar-refractivity contribution in [2.75, 3.05) is 24.5 Å². The van der Waals surface area contributed by atoms with Crippen LogP contribution in [0.4, 0.5) is 5.69 Å². The van der Waals surface area contributed by atoms with E-state index in [2.05, 4.69) is 53.1 Å². The number of piperidine rings is 1. The second-order valence-electron chi connectivity index (χ2n) is 8.14. The summed E-state index contributed by atoms with van der Waals surface area (Å²) in [6.07, 6.45) is 6.37. The van der Waals surface area contributed by atoms with Gasteiger partial charge >= 0.3 is 0 Å². The average Bonchev–Trinajstić information content (AvgIpc) is 2.75. The van der Waals surface area contributed by atoms with Crippen LogP contribution in [-0.4, -0.2) is 30.6 Å². The molecule has 1 unspecified atom stereocenters. The Morgan fingerprint density at radius 2 is 1.70 bits per heavy atom. The SMILES string of the molecule is CC(OC1=CC(Cl)=CN(Cc2ccccc2)C1)C1CCN(c2ccc(Cl)cc2)CC1. The van der Waals surface area contributed by atoms with Gasteiger partial charge < -0.3 is 14.5 Å². The van der Waals surface area contributed by atoms with E-state index in [9.17, 15) is 0 Å². The maximum absolute atomic E-state index is 6.39. The molecule has 3 nitrogen and oxygen atoms in total. The first-order valence-electron chi connectivity index (χ1n) is 10.6. The first-order valence-corrected chi connectivity index (χ1v) is 11.4. The molecule has 0 amide bonds. The van der Waals surface area contributed by atoms with E-state index in [-0.39, 0.29) is 6.10 Å². The van der Waals surface area contributed by atoms with Crippen LogP contribution in [0.25, 0.3) is 0 Å². The fourth-order valence-electron chi connectivity index (χ4n) is 4.26. The first-order chi connectivity index (χ1) is 14.6. The minimum Gasteiger partial charge on any atom is -0.493 e. The minimum absolute atomic E-state index is 0.171. The first kappa shape index (κ1) is 21.1. The fraction of sp³-hybridized carbons (Fsp3) is 0.360. The van der Waals surface area contributed by atoms with Crippen molar-refractivity contribution in [2.45, 2.75) is 32.4 Å². The largest absolute Gasteiger partial charge is 0.493 e. The summed E-state index contributed by atoms with van der Waals surface area (Å²) in [6, 6.07) is 18.6. The topological polar surface area (TPSA) is 15.7 Å². The van der Waals surface area contributed by atoms with E-state index in [1.165, 1.54) is 11.3 Å². The molecule has 4 rings (SSSR count). The van der Waals surface area contributed by atoms with Gasteiger partial charge in [0.15, 0.2) is 0 Å². The number of hydrogen-bond acceptors (Lipinski definition) is 3. The maximum atomic E-state index is 6.39. The Hall–Kier alpha value is -2.10. The molecule has 2 aliphatic rings. The zero-order chi connectivity index (χ0) is 20.9. The van der Waals surface area contributed by atoms with Gasteiger partial charge in [0.05, 0.1) is 17.7 Å². The lowest BCUT2D eigenvalue weighted by molar-refractivity contribution is 0.0563. The summed E-state index contributed by atoms with van der Waals surface area (Å²) in [4.78, 5) is 4.64. The highest BCUT2D eigenvalue weighted by Crippen LogP contribution is 2.29. The standard InChI is InChI=1S/C25H28Cl2N2O/c1-19(21-11-13-29(14-12-21)24-9-7-22(26)8-10-24)30-25-15-23(27)17-28(18-25)16-20-5-3-2-4-6-20/h2-10,15,17,19,21H,11-14,16,18H2,1H3. The molecule has 2 aromatic carbocycles. The highest BCUT2D eigenvalue weighted by molar-refractivity contribution is 6.31. The normalized spacial score (nSPS) is 18.6. The van der Waals surface area contributed by atoms with Crippen molar-refractivity contribution in [1.29, 1.82) is 0 Å². The lowest BCUT2D eigenvalue weighted by atomic mass is 9.91. The molecule has 0 aliphatic carbocycles. The van der Waals surface area contributed by atoms with Gasteiger partial charge in [0.1, 0.15) is 5.76 Å². The summed E-state index contributed by atoms with van der Waals surface area (Å²) in [6.45, 7) is 5.85. The Morgan fingerprint density at radius 3 is 2.40 bits per heavy atom. The fourth-order valence-corrected chi connectivity index (χ4v) is 4.65. The molecular weight excluding hydrogens is 415 g/mol. The average molecular weight is 443 g/mol. The number of rotatable bonds is 6. The van der Waals surface area contributed by atoms with E-state index in [1.807, 2.05) is 30.5 Å². The van der Waals surface area contributed by atoms with E-state index in [0.717, 1.165) is 54.8 Å². The van der Waals surface area contributed by atoms with Crippen LogP contribution >= 0.6 is 23.2 Å². The molecule has 2 aliphatic heterocycles. The van der Waals surface area contributed by atoms with Gasteiger partial charge in [-0.05, 0) is 61.6 Å². The highest BCUT2D eigenvalue weighted by Gasteiger charge is 2.26. The molecular formula is C25H28Cl2N2O. The van der Waals surface area contributed by atoms with Gasteiger partial charge in [-0.25, -0.2) is 0 Å².